The molecular formula is C27H26Cl3N3S. The van der Waals surface area contributed by atoms with Crippen molar-refractivity contribution in [2.75, 3.05) is 29.7 Å². The van der Waals surface area contributed by atoms with E-state index in [1.165, 1.54) is 0 Å². The molecule has 0 unspecified atom stereocenters. The maximum Gasteiger partial charge on any atom is 0.124 e. The largest absolute Gasteiger partial charge is 0.369 e. The Morgan fingerprint density at radius 3 is 2.26 bits per heavy atom. The Hall–Kier alpha value is -2.37. The molecule has 176 valence electrons. The highest BCUT2D eigenvalue weighted by Gasteiger charge is 2.08. The van der Waals surface area contributed by atoms with E-state index in [2.05, 4.69) is 64.7 Å². The number of hydrogen-bond acceptors (Lipinski definition) is 4. The Bertz CT molecular complexity index is 1200. The standard InChI is InChI=1S/C27H25Cl2N3S.ClH/c1-20-17-25(32(15-13-28)16-14-29)12-9-23(20)18-30-24-10-7-21(8-11-24)26-19-33-27(31-26)22-5-3-2-4-6-22;/h2-12,17-19H,13-16H2,1H3;1H. The summed E-state index contributed by atoms with van der Waals surface area (Å²) in [6, 6.07) is 24.8. The number of aromatic nitrogens is 1. The third-order valence-electron chi connectivity index (χ3n) is 5.37. The molecule has 0 saturated heterocycles. The summed E-state index contributed by atoms with van der Waals surface area (Å²) in [4.78, 5) is 11.7. The minimum absolute atomic E-state index is 0. The SMILES string of the molecule is Cc1cc(N(CCCl)CCCl)ccc1C=Nc1ccc(-c2csc(-c3ccccc3)n2)cc1.Cl. The van der Waals surface area contributed by atoms with Crippen molar-refractivity contribution in [1.82, 2.24) is 4.98 Å². The molecule has 4 rings (SSSR count). The lowest BCUT2D eigenvalue weighted by Crippen LogP contribution is -2.27. The summed E-state index contributed by atoms with van der Waals surface area (Å²) >= 11 is 13.5. The van der Waals surface area contributed by atoms with Crippen molar-refractivity contribution in [3.63, 3.8) is 0 Å². The number of alkyl halides is 2. The van der Waals surface area contributed by atoms with Gasteiger partial charge < -0.3 is 4.90 Å². The summed E-state index contributed by atoms with van der Waals surface area (Å²) in [5, 5.41) is 3.13. The highest BCUT2D eigenvalue weighted by Crippen LogP contribution is 2.29. The lowest BCUT2D eigenvalue weighted by Gasteiger charge is -2.23. The van der Waals surface area contributed by atoms with Crippen molar-refractivity contribution >= 4 is 64.5 Å². The van der Waals surface area contributed by atoms with Crippen LogP contribution in [0.1, 0.15) is 11.1 Å². The Labute approximate surface area is 221 Å². The van der Waals surface area contributed by atoms with Crippen LogP contribution in [0.25, 0.3) is 21.8 Å². The molecule has 0 bridgehead atoms. The average molecular weight is 531 g/mol. The number of nitrogens with zero attached hydrogens (tertiary/aromatic N) is 3. The minimum Gasteiger partial charge on any atom is -0.369 e. The molecule has 7 heteroatoms. The number of aliphatic imine (C=N–C) groups is 1. The fraction of sp³-hybridized carbons (Fsp3) is 0.185. The van der Waals surface area contributed by atoms with Gasteiger partial charge in [0.25, 0.3) is 0 Å². The minimum atomic E-state index is 0. The number of aryl methyl sites for hydroxylation is 1. The second kappa shape index (κ2) is 12.9. The first-order valence-electron chi connectivity index (χ1n) is 10.8. The Balaban J connectivity index is 0.00000324. The lowest BCUT2D eigenvalue weighted by molar-refractivity contribution is 0.873. The maximum absolute atomic E-state index is 5.94. The van der Waals surface area contributed by atoms with Crippen LogP contribution in [0.3, 0.4) is 0 Å². The molecule has 0 fully saturated rings. The van der Waals surface area contributed by atoms with Gasteiger partial charge in [-0.2, -0.15) is 0 Å². The molecule has 0 spiro atoms. The van der Waals surface area contributed by atoms with Crippen LogP contribution in [-0.4, -0.2) is 36.0 Å². The van der Waals surface area contributed by atoms with Gasteiger partial charge in [0, 0.05) is 53.3 Å². The van der Waals surface area contributed by atoms with E-state index in [0.29, 0.717) is 11.8 Å². The molecule has 0 amide bonds. The third-order valence-corrected chi connectivity index (χ3v) is 6.60. The van der Waals surface area contributed by atoms with Gasteiger partial charge in [-0.05, 0) is 42.3 Å². The van der Waals surface area contributed by atoms with Gasteiger partial charge in [0.1, 0.15) is 5.01 Å². The molecule has 3 aromatic carbocycles. The van der Waals surface area contributed by atoms with Crippen LogP contribution in [0.2, 0.25) is 0 Å². The van der Waals surface area contributed by atoms with Crippen molar-refractivity contribution in [2.24, 2.45) is 4.99 Å². The smallest absolute Gasteiger partial charge is 0.124 e. The van der Waals surface area contributed by atoms with Gasteiger partial charge in [0.15, 0.2) is 0 Å². The number of thiazole rings is 1. The van der Waals surface area contributed by atoms with Crippen LogP contribution in [0.5, 0.6) is 0 Å². The number of anilines is 1. The molecule has 1 aromatic heterocycles. The van der Waals surface area contributed by atoms with E-state index in [4.69, 9.17) is 28.2 Å². The molecule has 34 heavy (non-hydrogen) atoms. The third kappa shape index (κ3) is 6.61. The predicted octanol–water partition coefficient (Wildman–Crippen LogP) is 8.24. The summed E-state index contributed by atoms with van der Waals surface area (Å²) in [5.74, 6) is 1.15. The molecule has 0 radical (unpaired) electrons. The van der Waals surface area contributed by atoms with E-state index in [1.54, 1.807) is 11.3 Å². The zero-order valence-electron chi connectivity index (χ0n) is 18.8. The lowest BCUT2D eigenvalue weighted by atomic mass is 10.1. The first-order valence-corrected chi connectivity index (χ1v) is 12.8. The van der Waals surface area contributed by atoms with Crippen LogP contribution in [0.15, 0.2) is 83.2 Å². The summed E-state index contributed by atoms with van der Waals surface area (Å²) < 4.78 is 0. The summed E-state index contributed by atoms with van der Waals surface area (Å²) in [6.07, 6.45) is 1.91. The van der Waals surface area contributed by atoms with Gasteiger partial charge in [-0.25, -0.2) is 4.98 Å². The zero-order chi connectivity index (χ0) is 23.0. The van der Waals surface area contributed by atoms with Gasteiger partial charge in [-0.3, -0.25) is 4.99 Å². The van der Waals surface area contributed by atoms with E-state index in [1.807, 2.05) is 36.5 Å². The normalized spacial score (nSPS) is 10.9. The second-order valence-corrected chi connectivity index (χ2v) is 9.23. The molecule has 4 aromatic rings. The molecule has 3 nitrogen and oxygen atoms in total. The van der Waals surface area contributed by atoms with E-state index < -0.39 is 0 Å². The molecule has 0 saturated carbocycles. The number of benzene rings is 3. The predicted molar refractivity (Wildman–Crippen MR) is 152 cm³/mol. The molecule has 0 N–H and O–H groups in total. The Morgan fingerprint density at radius 1 is 0.912 bits per heavy atom. The van der Waals surface area contributed by atoms with Gasteiger partial charge in [0.2, 0.25) is 0 Å². The quantitative estimate of drug-likeness (QED) is 0.161. The number of hydrogen-bond donors (Lipinski definition) is 0. The molecule has 1 heterocycles. The molecule has 0 aliphatic rings. The van der Waals surface area contributed by atoms with Crippen LogP contribution >= 0.6 is 46.9 Å². The highest BCUT2D eigenvalue weighted by atomic mass is 35.5. The zero-order valence-corrected chi connectivity index (χ0v) is 22.0. The number of rotatable bonds is 9. The first kappa shape index (κ1) is 26.2. The van der Waals surface area contributed by atoms with E-state index in [0.717, 1.165) is 57.4 Å². The van der Waals surface area contributed by atoms with E-state index in [-0.39, 0.29) is 12.4 Å². The first-order chi connectivity index (χ1) is 16.2. The molecule has 0 aliphatic heterocycles. The fourth-order valence-electron chi connectivity index (χ4n) is 3.56. The van der Waals surface area contributed by atoms with Crippen LogP contribution < -0.4 is 4.90 Å². The van der Waals surface area contributed by atoms with E-state index >= 15 is 0 Å². The van der Waals surface area contributed by atoms with Crippen molar-refractivity contribution in [1.29, 1.82) is 0 Å². The highest BCUT2D eigenvalue weighted by molar-refractivity contribution is 7.13. The summed E-state index contributed by atoms with van der Waals surface area (Å²) in [6.45, 7) is 3.65. The number of halogens is 3. The maximum atomic E-state index is 5.94. The van der Waals surface area contributed by atoms with Crippen molar-refractivity contribution in [3.05, 3.63) is 89.3 Å². The van der Waals surface area contributed by atoms with Gasteiger partial charge in [-0.1, -0.05) is 48.5 Å². The second-order valence-electron chi connectivity index (χ2n) is 7.61. The van der Waals surface area contributed by atoms with Gasteiger partial charge in [-0.15, -0.1) is 46.9 Å². The van der Waals surface area contributed by atoms with Crippen LogP contribution in [0, 0.1) is 6.92 Å². The van der Waals surface area contributed by atoms with Crippen molar-refractivity contribution in [3.8, 4) is 21.8 Å². The van der Waals surface area contributed by atoms with Crippen LogP contribution in [-0.2, 0) is 0 Å². The molecule has 0 aliphatic carbocycles. The monoisotopic (exact) mass is 529 g/mol. The Kier molecular flexibility index (Phi) is 9.97. The summed E-state index contributed by atoms with van der Waals surface area (Å²) in [5.41, 5.74) is 7.51. The summed E-state index contributed by atoms with van der Waals surface area (Å²) in [7, 11) is 0. The van der Waals surface area contributed by atoms with E-state index in [9.17, 15) is 0 Å². The van der Waals surface area contributed by atoms with Crippen LogP contribution in [0.4, 0.5) is 11.4 Å². The topological polar surface area (TPSA) is 28.5 Å². The molecule has 0 atom stereocenters. The fourth-order valence-corrected chi connectivity index (χ4v) is 4.80. The van der Waals surface area contributed by atoms with Crippen molar-refractivity contribution in [2.45, 2.75) is 6.92 Å². The Morgan fingerprint density at radius 2 is 1.62 bits per heavy atom. The van der Waals surface area contributed by atoms with Crippen molar-refractivity contribution < 1.29 is 0 Å². The van der Waals surface area contributed by atoms with Gasteiger partial charge >= 0.3 is 0 Å². The average Bonchev–Trinajstić information content (AvgIpc) is 3.34. The van der Waals surface area contributed by atoms with Gasteiger partial charge in [0.05, 0.1) is 11.4 Å². The molecular weight excluding hydrogens is 505 g/mol.